The van der Waals surface area contributed by atoms with E-state index in [0.717, 1.165) is 0 Å². The fourth-order valence-electron chi connectivity index (χ4n) is 1.58. The summed E-state index contributed by atoms with van der Waals surface area (Å²) in [7, 11) is -1.78. The van der Waals surface area contributed by atoms with Crippen LogP contribution in [0.3, 0.4) is 0 Å². The summed E-state index contributed by atoms with van der Waals surface area (Å²) in [5.74, 6) is 0.0342. The normalized spacial score (nSPS) is 17.2. The van der Waals surface area contributed by atoms with Crippen LogP contribution >= 0.6 is 0 Å². The van der Waals surface area contributed by atoms with Gasteiger partial charge in [-0.1, -0.05) is 0 Å². The second kappa shape index (κ2) is 6.06. The van der Waals surface area contributed by atoms with Gasteiger partial charge in [0, 0.05) is 25.7 Å². The van der Waals surface area contributed by atoms with Crippen molar-refractivity contribution in [3.63, 3.8) is 0 Å². The molecular formula is C11H23N3O4S. The third kappa shape index (κ3) is 5.75. The van der Waals surface area contributed by atoms with E-state index in [4.69, 9.17) is 4.74 Å². The van der Waals surface area contributed by atoms with Crippen LogP contribution in [-0.4, -0.2) is 63.5 Å². The van der Waals surface area contributed by atoms with E-state index < -0.39 is 15.6 Å². The van der Waals surface area contributed by atoms with Crippen molar-refractivity contribution in [3.8, 4) is 0 Å². The lowest BCUT2D eigenvalue weighted by Gasteiger charge is -2.40. The Balaban J connectivity index is 2.19. The number of rotatable bonds is 5. The number of hydrogen-bond donors (Lipinski definition) is 2. The standard InChI is InChI=1S/C11H23N3O4S/c1-11(2,3)18-10(15)14-7-9(8-14)13-5-6-19(16,17)12-4/h9,12-13H,5-8H2,1-4H3. The highest BCUT2D eigenvalue weighted by Crippen LogP contribution is 2.14. The molecule has 0 bridgehead atoms. The van der Waals surface area contributed by atoms with Crippen LogP contribution in [0, 0.1) is 0 Å². The molecule has 0 aromatic carbocycles. The topological polar surface area (TPSA) is 87.7 Å². The van der Waals surface area contributed by atoms with Crippen LogP contribution in [0.5, 0.6) is 0 Å². The van der Waals surface area contributed by atoms with Crippen molar-refractivity contribution in [3.05, 3.63) is 0 Å². The zero-order valence-corrected chi connectivity index (χ0v) is 12.7. The van der Waals surface area contributed by atoms with Crippen molar-refractivity contribution >= 4 is 16.1 Å². The summed E-state index contributed by atoms with van der Waals surface area (Å²) in [6.45, 7) is 6.94. The lowest BCUT2D eigenvalue weighted by atomic mass is 10.1. The molecule has 1 aliphatic heterocycles. The number of nitrogens with one attached hydrogen (secondary N) is 2. The zero-order chi connectivity index (χ0) is 14.7. The molecule has 0 aliphatic carbocycles. The Bertz CT molecular complexity index is 410. The van der Waals surface area contributed by atoms with Gasteiger partial charge in [0.05, 0.1) is 5.75 Å². The average molecular weight is 293 g/mol. The third-order valence-electron chi connectivity index (χ3n) is 2.65. The quantitative estimate of drug-likeness (QED) is 0.729. The monoisotopic (exact) mass is 293 g/mol. The van der Waals surface area contributed by atoms with Gasteiger partial charge >= 0.3 is 6.09 Å². The zero-order valence-electron chi connectivity index (χ0n) is 11.9. The van der Waals surface area contributed by atoms with Gasteiger partial charge in [-0.3, -0.25) is 0 Å². The summed E-state index contributed by atoms with van der Waals surface area (Å²) in [6.07, 6.45) is -0.326. The minimum atomic E-state index is -3.17. The molecule has 0 spiro atoms. The summed E-state index contributed by atoms with van der Waals surface area (Å²) in [4.78, 5) is 13.2. The molecule has 0 aromatic rings. The molecule has 1 fully saturated rings. The number of carbonyl (C=O) groups excluding carboxylic acids is 1. The van der Waals surface area contributed by atoms with Gasteiger partial charge in [0.25, 0.3) is 0 Å². The van der Waals surface area contributed by atoms with Gasteiger partial charge in [-0.25, -0.2) is 17.9 Å². The molecule has 0 atom stereocenters. The molecule has 19 heavy (non-hydrogen) atoms. The SMILES string of the molecule is CNS(=O)(=O)CCNC1CN(C(=O)OC(C)(C)C)C1. The first kappa shape index (κ1) is 16.2. The first-order chi connectivity index (χ1) is 8.63. The molecule has 0 saturated carbocycles. The minimum Gasteiger partial charge on any atom is -0.444 e. The van der Waals surface area contributed by atoms with Crippen LogP contribution in [0.1, 0.15) is 20.8 Å². The van der Waals surface area contributed by atoms with Gasteiger partial charge < -0.3 is 15.0 Å². The smallest absolute Gasteiger partial charge is 0.410 e. The lowest BCUT2D eigenvalue weighted by molar-refractivity contribution is 0.00554. The Morgan fingerprint density at radius 1 is 1.37 bits per heavy atom. The van der Waals surface area contributed by atoms with Crippen molar-refractivity contribution in [2.75, 3.05) is 32.4 Å². The minimum absolute atomic E-state index is 0.0342. The fourth-order valence-corrected chi connectivity index (χ4v) is 2.17. The highest BCUT2D eigenvalue weighted by atomic mass is 32.2. The summed E-state index contributed by atoms with van der Waals surface area (Å²) in [6, 6.07) is 0.138. The number of amides is 1. The molecule has 0 unspecified atom stereocenters. The first-order valence-electron chi connectivity index (χ1n) is 6.25. The molecule has 2 N–H and O–H groups in total. The van der Waals surface area contributed by atoms with Gasteiger partial charge in [0.1, 0.15) is 5.60 Å². The molecule has 0 aromatic heterocycles. The van der Waals surface area contributed by atoms with Crippen LogP contribution in [0.2, 0.25) is 0 Å². The maximum absolute atomic E-state index is 11.6. The van der Waals surface area contributed by atoms with Crippen molar-refractivity contribution in [2.24, 2.45) is 0 Å². The van der Waals surface area contributed by atoms with Gasteiger partial charge in [0.15, 0.2) is 0 Å². The molecule has 1 aliphatic rings. The Morgan fingerprint density at radius 3 is 2.42 bits per heavy atom. The summed E-state index contributed by atoms with van der Waals surface area (Å²) >= 11 is 0. The van der Waals surface area contributed by atoms with Gasteiger partial charge in [-0.05, 0) is 27.8 Å². The van der Waals surface area contributed by atoms with Gasteiger partial charge in [-0.2, -0.15) is 0 Å². The van der Waals surface area contributed by atoms with Crippen LogP contribution in [0.4, 0.5) is 4.79 Å². The van der Waals surface area contributed by atoms with E-state index in [1.165, 1.54) is 7.05 Å². The highest BCUT2D eigenvalue weighted by molar-refractivity contribution is 7.89. The van der Waals surface area contributed by atoms with E-state index in [1.54, 1.807) is 4.90 Å². The Hall–Kier alpha value is -0.860. The molecule has 7 nitrogen and oxygen atoms in total. The molecule has 1 saturated heterocycles. The van der Waals surface area contributed by atoms with E-state index in [1.807, 2.05) is 20.8 Å². The number of likely N-dealkylation sites (tertiary alicyclic amines) is 1. The second-order valence-corrected chi connectivity index (χ2v) is 7.61. The Kier molecular flexibility index (Phi) is 5.17. The third-order valence-corrected chi connectivity index (χ3v) is 4.01. The van der Waals surface area contributed by atoms with Crippen molar-refractivity contribution in [2.45, 2.75) is 32.4 Å². The Morgan fingerprint density at radius 2 is 1.95 bits per heavy atom. The van der Waals surface area contributed by atoms with E-state index in [0.29, 0.717) is 19.6 Å². The average Bonchev–Trinajstić information content (AvgIpc) is 2.18. The molecule has 1 rings (SSSR count). The molecule has 0 radical (unpaired) electrons. The number of hydrogen-bond acceptors (Lipinski definition) is 5. The molecule has 1 amide bonds. The largest absolute Gasteiger partial charge is 0.444 e. The first-order valence-corrected chi connectivity index (χ1v) is 7.91. The maximum Gasteiger partial charge on any atom is 0.410 e. The predicted octanol–water partition coefficient (Wildman–Crippen LogP) is -0.255. The van der Waals surface area contributed by atoms with E-state index >= 15 is 0 Å². The highest BCUT2D eigenvalue weighted by Gasteiger charge is 2.33. The number of sulfonamides is 1. The number of ether oxygens (including phenoxy) is 1. The van der Waals surface area contributed by atoms with Crippen LogP contribution < -0.4 is 10.0 Å². The van der Waals surface area contributed by atoms with E-state index in [9.17, 15) is 13.2 Å². The summed E-state index contributed by atoms with van der Waals surface area (Å²) < 4.78 is 29.8. The molecule has 8 heteroatoms. The predicted molar refractivity (Wildman–Crippen MR) is 72.4 cm³/mol. The van der Waals surface area contributed by atoms with Crippen LogP contribution in [-0.2, 0) is 14.8 Å². The van der Waals surface area contributed by atoms with E-state index in [-0.39, 0.29) is 17.9 Å². The number of nitrogens with zero attached hydrogens (tertiary/aromatic N) is 1. The van der Waals surface area contributed by atoms with Crippen molar-refractivity contribution < 1.29 is 17.9 Å². The van der Waals surface area contributed by atoms with Crippen LogP contribution in [0.25, 0.3) is 0 Å². The van der Waals surface area contributed by atoms with Gasteiger partial charge in [0.2, 0.25) is 10.0 Å². The van der Waals surface area contributed by atoms with Crippen molar-refractivity contribution in [1.82, 2.24) is 14.9 Å². The summed E-state index contributed by atoms with van der Waals surface area (Å²) in [5, 5.41) is 3.09. The van der Waals surface area contributed by atoms with Crippen LogP contribution in [0.15, 0.2) is 0 Å². The second-order valence-electron chi connectivity index (χ2n) is 5.56. The maximum atomic E-state index is 11.6. The van der Waals surface area contributed by atoms with Crippen molar-refractivity contribution in [1.29, 1.82) is 0 Å². The van der Waals surface area contributed by atoms with E-state index in [2.05, 4.69) is 10.0 Å². The lowest BCUT2D eigenvalue weighted by Crippen LogP contribution is -2.61. The molecule has 1 heterocycles. The molecule has 112 valence electrons. The Labute approximate surface area is 114 Å². The van der Waals surface area contributed by atoms with Gasteiger partial charge in [-0.15, -0.1) is 0 Å². The fraction of sp³-hybridized carbons (Fsp3) is 0.909. The number of carbonyl (C=O) groups is 1. The molecular weight excluding hydrogens is 270 g/mol. The summed E-state index contributed by atoms with van der Waals surface area (Å²) in [5.41, 5.74) is -0.490.